The fourth-order valence-corrected chi connectivity index (χ4v) is 5.11. The first kappa shape index (κ1) is 39.7. The zero-order valence-electron chi connectivity index (χ0n) is 29.2. The highest BCUT2D eigenvalue weighted by Crippen LogP contribution is 2.15. The summed E-state index contributed by atoms with van der Waals surface area (Å²) in [5.74, 6) is -1.96. The van der Waals surface area contributed by atoms with E-state index in [-0.39, 0.29) is 47.7 Å². The molecule has 2 rings (SSSR count). The van der Waals surface area contributed by atoms with Gasteiger partial charge in [0, 0.05) is 31.3 Å². The van der Waals surface area contributed by atoms with Crippen molar-refractivity contribution in [1.82, 2.24) is 31.9 Å². The molecule has 1 heterocycles. The van der Waals surface area contributed by atoms with E-state index in [2.05, 4.69) is 31.9 Å². The summed E-state index contributed by atoms with van der Waals surface area (Å²) >= 11 is 0. The minimum atomic E-state index is -1.10. The highest BCUT2D eigenvalue weighted by atomic mass is 16.5. The summed E-state index contributed by atoms with van der Waals surface area (Å²) in [6.45, 7) is 13.9. The smallest absolute Gasteiger partial charge is 0.252 e. The van der Waals surface area contributed by atoms with E-state index < -0.39 is 36.0 Å². The Bertz CT molecular complexity index is 1340. The number of nitrogens with one attached hydrogen (secondary N) is 6. The predicted molar refractivity (Wildman–Crippen MR) is 183 cm³/mol. The lowest BCUT2D eigenvalue weighted by Crippen LogP contribution is -2.56. The molecule has 6 N–H and O–H groups in total. The van der Waals surface area contributed by atoms with Gasteiger partial charge >= 0.3 is 0 Å². The first-order valence-corrected chi connectivity index (χ1v) is 16.7. The van der Waals surface area contributed by atoms with Crippen LogP contribution in [0.15, 0.2) is 54.9 Å². The molecule has 1 aromatic carbocycles. The van der Waals surface area contributed by atoms with Gasteiger partial charge in [-0.1, -0.05) is 71.4 Å². The lowest BCUT2D eigenvalue weighted by Gasteiger charge is -2.28. The Morgan fingerprint density at radius 2 is 1.42 bits per heavy atom. The number of amides is 5. The van der Waals surface area contributed by atoms with Crippen molar-refractivity contribution < 1.29 is 28.7 Å². The third kappa shape index (κ3) is 12.9. The summed E-state index contributed by atoms with van der Waals surface area (Å²) in [5, 5.41) is 28.8. The summed E-state index contributed by atoms with van der Waals surface area (Å²) in [6.07, 6.45) is 3.95. The molecule has 1 aromatic heterocycles. The maximum absolute atomic E-state index is 13.7. The molecule has 0 aliphatic rings. The summed E-state index contributed by atoms with van der Waals surface area (Å²) in [6, 6.07) is 7.73. The monoisotopic (exact) mass is 667 g/mol. The SMILES string of the molecule is CCC[C@@H](NC(=O)[C@H](NC(=O)c1cc[n+]([O-])cc1)c1ccccc1)C(=O)N[C@@H](CN[C@H](C)C(=O)N[C@@H](C(=O)NCC)C(C)C)CC(C)C. The van der Waals surface area contributed by atoms with E-state index in [1.54, 1.807) is 37.3 Å². The summed E-state index contributed by atoms with van der Waals surface area (Å²) in [5.41, 5.74) is 0.726. The van der Waals surface area contributed by atoms with E-state index in [9.17, 15) is 29.2 Å². The number of carbonyl (C=O) groups excluding carboxylic acids is 5. The van der Waals surface area contributed by atoms with Crippen LogP contribution in [0, 0.1) is 17.0 Å². The zero-order valence-corrected chi connectivity index (χ0v) is 29.2. The van der Waals surface area contributed by atoms with Crippen LogP contribution >= 0.6 is 0 Å². The molecule has 13 heteroatoms. The number of nitrogens with zero attached hydrogens (tertiary/aromatic N) is 1. The Labute approximate surface area is 284 Å². The Morgan fingerprint density at radius 1 is 0.771 bits per heavy atom. The standard InChI is InChI=1S/C35H53N7O6/c1-8-13-28(39-35(47)30(25-14-11-10-12-15-25)41-32(44)26-16-18-42(48)19-17-26)33(45)38-27(20-22(3)4)21-37-24(7)31(43)40-29(23(5)6)34(46)36-9-2/h10-12,14-19,22-24,27-30,37H,8-9,13,20-21H2,1-7H3,(H,36,46)(H,38,45)(H,39,47)(H,40,43)(H,41,44)/t24-,27-,28-,29-,30-/m1/s1. The molecule has 264 valence electrons. The third-order valence-corrected chi connectivity index (χ3v) is 7.71. The van der Waals surface area contributed by atoms with Crippen LogP contribution in [0.25, 0.3) is 0 Å². The van der Waals surface area contributed by atoms with Crippen LogP contribution < -0.4 is 36.6 Å². The minimum absolute atomic E-state index is 0.106. The Hall–Kier alpha value is -4.52. The molecule has 0 aliphatic carbocycles. The Kier molecular flexibility index (Phi) is 16.5. The predicted octanol–water partition coefficient (Wildman–Crippen LogP) is 1.86. The van der Waals surface area contributed by atoms with Gasteiger partial charge in [-0.15, -0.1) is 0 Å². The van der Waals surface area contributed by atoms with Crippen LogP contribution in [0.2, 0.25) is 0 Å². The zero-order chi connectivity index (χ0) is 35.8. The van der Waals surface area contributed by atoms with Crippen molar-refractivity contribution in [3.05, 3.63) is 71.2 Å². The first-order valence-electron chi connectivity index (χ1n) is 16.7. The highest BCUT2D eigenvalue weighted by Gasteiger charge is 2.30. The molecule has 0 unspecified atom stereocenters. The Morgan fingerprint density at radius 3 is 1.98 bits per heavy atom. The normalized spacial score (nSPS) is 14.3. The van der Waals surface area contributed by atoms with Crippen molar-refractivity contribution in [2.45, 2.75) is 97.9 Å². The molecular formula is C35H53N7O6. The van der Waals surface area contributed by atoms with Crippen LogP contribution in [0.5, 0.6) is 0 Å². The fraction of sp³-hybridized carbons (Fsp3) is 0.543. The van der Waals surface area contributed by atoms with Crippen molar-refractivity contribution in [3.63, 3.8) is 0 Å². The van der Waals surface area contributed by atoms with Crippen LogP contribution in [-0.4, -0.2) is 66.8 Å². The maximum atomic E-state index is 13.7. The lowest BCUT2D eigenvalue weighted by atomic mass is 10.0. The average Bonchev–Trinajstić information content (AvgIpc) is 3.04. The van der Waals surface area contributed by atoms with Gasteiger partial charge in [0.25, 0.3) is 5.91 Å². The van der Waals surface area contributed by atoms with Crippen LogP contribution in [0.1, 0.15) is 89.7 Å². The van der Waals surface area contributed by atoms with Gasteiger partial charge in [0.2, 0.25) is 23.6 Å². The molecule has 2 aromatic rings. The third-order valence-electron chi connectivity index (χ3n) is 7.71. The van der Waals surface area contributed by atoms with E-state index in [4.69, 9.17) is 0 Å². The fourth-order valence-electron chi connectivity index (χ4n) is 5.11. The molecular weight excluding hydrogens is 614 g/mol. The van der Waals surface area contributed by atoms with Crippen LogP contribution in [-0.2, 0) is 19.2 Å². The summed E-state index contributed by atoms with van der Waals surface area (Å²) in [4.78, 5) is 65.8. The van der Waals surface area contributed by atoms with E-state index in [0.29, 0.717) is 36.1 Å². The van der Waals surface area contributed by atoms with Crippen LogP contribution in [0.3, 0.4) is 0 Å². The van der Waals surface area contributed by atoms with Gasteiger partial charge < -0.3 is 37.1 Å². The maximum Gasteiger partial charge on any atom is 0.252 e. The highest BCUT2D eigenvalue weighted by molar-refractivity contribution is 5.98. The van der Waals surface area contributed by atoms with Gasteiger partial charge in [-0.2, -0.15) is 4.73 Å². The second-order valence-corrected chi connectivity index (χ2v) is 12.7. The molecule has 0 bridgehead atoms. The van der Waals surface area contributed by atoms with Crippen molar-refractivity contribution in [1.29, 1.82) is 0 Å². The van der Waals surface area contributed by atoms with Gasteiger partial charge in [0.05, 0.1) is 11.6 Å². The topological polar surface area (TPSA) is 184 Å². The average molecular weight is 668 g/mol. The first-order chi connectivity index (χ1) is 22.8. The van der Waals surface area contributed by atoms with Gasteiger partial charge in [0.15, 0.2) is 12.4 Å². The van der Waals surface area contributed by atoms with Crippen molar-refractivity contribution in [2.75, 3.05) is 13.1 Å². The molecule has 5 amide bonds. The summed E-state index contributed by atoms with van der Waals surface area (Å²) in [7, 11) is 0. The number of aromatic nitrogens is 1. The van der Waals surface area contributed by atoms with Gasteiger partial charge in [0.1, 0.15) is 18.1 Å². The molecule has 0 radical (unpaired) electrons. The number of pyridine rings is 1. The number of benzene rings is 1. The molecule has 0 spiro atoms. The molecule has 0 saturated carbocycles. The molecule has 0 aliphatic heterocycles. The second-order valence-electron chi connectivity index (χ2n) is 12.7. The van der Waals surface area contributed by atoms with Crippen LogP contribution in [0.4, 0.5) is 0 Å². The van der Waals surface area contributed by atoms with E-state index in [1.807, 2.05) is 41.5 Å². The quantitative estimate of drug-likeness (QED) is 0.0976. The number of hydrogen-bond acceptors (Lipinski definition) is 7. The largest absolute Gasteiger partial charge is 0.619 e. The van der Waals surface area contributed by atoms with Gasteiger partial charge in [-0.25, -0.2) is 0 Å². The lowest BCUT2D eigenvalue weighted by molar-refractivity contribution is -0.605. The second kappa shape index (κ2) is 20.0. The minimum Gasteiger partial charge on any atom is -0.619 e. The number of hydrogen-bond donors (Lipinski definition) is 6. The molecule has 0 fully saturated rings. The molecule has 0 saturated heterocycles. The number of likely N-dealkylation sites (N-methyl/N-ethyl adjacent to an activating group) is 1. The van der Waals surface area contributed by atoms with Crippen molar-refractivity contribution in [2.24, 2.45) is 11.8 Å². The van der Waals surface area contributed by atoms with Crippen molar-refractivity contribution in [3.8, 4) is 0 Å². The van der Waals surface area contributed by atoms with E-state index >= 15 is 0 Å². The van der Waals surface area contributed by atoms with Gasteiger partial charge in [-0.3, -0.25) is 24.0 Å². The molecule has 13 nitrogen and oxygen atoms in total. The number of carbonyl (C=O) groups is 5. The number of rotatable bonds is 19. The van der Waals surface area contributed by atoms with E-state index in [1.165, 1.54) is 24.5 Å². The molecule has 5 atom stereocenters. The molecule has 48 heavy (non-hydrogen) atoms. The Balaban J connectivity index is 2.15. The van der Waals surface area contributed by atoms with Gasteiger partial charge in [-0.05, 0) is 44.1 Å². The van der Waals surface area contributed by atoms with E-state index in [0.717, 1.165) is 0 Å². The summed E-state index contributed by atoms with van der Waals surface area (Å²) < 4.78 is 0.556. The van der Waals surface area contributed by atoms with Crippen molar-refractivity contribution >= 4 is 29.5 Å².